The highest BCUT2D eigenvalue weighted by molar-refractivity contribution is 5.83. The average molecular weight is 322 g/mol. The minimum absolute atomic E-state index is 0.103. The van der Waals surface area contributed by atoms with Gasteiger partial charge in [0, 0.05) is 38.6 Å². The SMILES string of the molecule is CC(=O)N1C(C)CN(C(=O)C2CNC(C)CN2)C2CCCCC21. The monoisotopic (exact) mass is 322 g/mol. The number of amides is 2. The van der Waals surface area contributed by atoms with E-state index in [2.05, 4.69) is 29.4 Å². The Morgan fingerprint density at radius 1 is 1.00 bits per heavy atom. The first-order valence-electron chi connectivity index (χ1n) is 9.05. The van der Waals surface area contributed by atoms with Gasteiger partial charge in [-0.25, -0.2) is 0 Å². The summed E-state index contributed by atoms with van der Waals surface area (Å²) in [5.41, 5.74) is 0. The van der Waals surface area contributed by atoms with E-state index in [0.29, 0.717) is 19.1 Å². The fourth-order valence-corrected chi connectivity index (χ4v) is 4.57. The summed E-state index contributed by atoms with van der Waals surface area (Å²) in [4.78, 5) is 29.2. The largest absolute Gasteiger partial charge is 0.334 e. The lowest BCUT2D eigenvalue weighted by molar-refractivity contribution is -0.154. The maximum Gasteiger partial charge on any atom is 0.241 e. The molecule has 6 nitrogen and oxygen atoms in total. The summed E-state index contributed by atoms with van der Waals surface area (Å²) in [6.07, 6.45) is 4.34. The molecule has 2 heterocycles. The van der Waals surface area contributed by atoms with Crippen LogP contribution in [0.5, 0.6) is 0 Å². The fraction of sp³-hybridized carbons (Fsp3) is 0.882. The second-order valence-corrected chi connectivity index (χ2v) is 7.46. The molecule has 0 aromatic carbocycles. The molecule has 1 saturated carbocycles. The average Bonchev–Trinajstić information content (AvgIpc) is 2.53. The molecule has 1 aliphatic carbocycles. The van der Waals surface area contributed by atoms with Crippen LogP contribution < -0.4 is 10.6 Å². The minimum atomic E-state index is -0.134. The summed E-state index contributed by atoms with van der Waals surface area (Å²) in [6, 6.07) is 0.771. The van der Waals surface area contributed by atoms with E-state index in [1.54, 1.807) is 6.92 Å². The van der Waals surface area contributed by atoms with Crippen LogP contribution in [-0.2, 0) is 9.59 Å². The third-order valence-corrected chi connectivity index (χ3v) is 5.67. The Kier molecular flexibility index (Phi) is 4.92. The lowest BCUT2D eigenvalue weighted by Gasteiger charge is -2.53. The second-order valence-electron chi connectivity index (χ2n) is 7.46. The van der Waals surface area contributed by atoms with Gasteiger partial charge >= 0.3 is 0 Å². The number of hydrogen-bond acceptors (Lipinski definition) is 4. The van der Waals surface area contributed by atoms with Gasteiger partial charge in [-0.2, -0.15) is 0 Å². The van der Waals surface area contributed by atoms with E-state index in [9.17, 15) is 9.59 Å². The number of rotatable bonds is 1. The molecule has 2 saturated heterocycles. The topological polar surface area (TPSA) is 64.7 Å². The van der Waals surface area contributed by atoms with Crippen molar-refractivity contribution in [3.63, 3.8) is 0 Å². The van der Waals surface area contributed by atoms with Gasteiger partial charge in [-0.3, -0.25) is 9.59 Å². The van der Waals surface area contributed by atoms with Gasteiger partial charge < -0.3 is 20.4 Å². The normalized spacial score (nSPS) is 38.1. The minimum Gasteiger partial charge on any atom is -0.334 e. The Morgan fingerprint density at radius 2 is 1.70 bits per heavy atom. The van der Waals surface area contributed by atoms with E-state index < -0.39 is 0 Å². The molecule has 2 N–H and O–H groups in total. The van der Waals surface area contributed by atoms with E-state index in [1.807, 2.05) is 4.90 Å². The number of nitrogens with one attached hydrogen (secondary N) is 2. The third kappa shape index (κ3) is 3.24. The zero-order valence-corrected chi connectivity index (χ0v) is 14.5. The van der Waals surface area contributed by atoms with Gasteiger partial charge in [0.1, 0.15) is 0 Å². The highest BCUT2D eigenvalue weighted by Gasteiger charge is 2.45. The molecule has 5 unspecified atom stereocenters. The van der Waals surface area contributed by atoms with Gasteiger partial charge in [0.25, 0.3) is 0 Å². The Hall–Kier alpha value is -1.14. The van der Waals surface area contributed by atoms with E-state index in [0.717, 1.165) is 32.2 Å². The van der Waals surface area contributed by atoms with Crippen molar-refractivity contribution in [3.8, 4) is 0 Å². The van der Waals surface area contributed by atoms with Crippen LogP contribution in [0.25, 0.3) is 0 Å². The molecule has 0 spiro atoms. The van der Waals surface area contributed by atoms with Crippen LogP contribution in [0, 0.1) is 0 Å². The van der Waals surface area contributed by atoms with Crippen LogP contribution >= 0.6 is 0 Å². The number of hydrogen-bond donors (Lipinski definition) is 2. The van der Waals surface area contributed by atoms with Gasteiger partial charge in [0.15, 0.2) is 0 Å². The first-order valence-corrected chi connectivity index (χ1v) is 9.05. The summed E-state index contributed by atoms with van der Waals surface area (Å²) >= 11 is 0. The van der Waals surface area contributed by atoms with Crippen molar-refractivity contribution in [2.45, 2.75) is 76.7 Å². The molecule has 5 atom stereocenters. The summed E-state index contributed by atoms with van der Waals surface area (Å²) in [7, 11) is 0. The van der Waals surface area contributed by atoms with Crippen LogP contribution in [0.3, 0.4) is 0 Å². The van der Waals surface area contributed by atoms with Crippen LogP contribution in [0.15, 0.2) is 0 Å². The van der Waals surface area contributed by atoms with E-state index >= 15 is 0 Å². The van der Waals surface area contributed by atoms with Crippen molar-refractivity contribution < 1.29 is 9.59 Å². The predicted octanol–water partition coefficient (Wildman–Crippen LogP) is 0.327. The van der Waals surface area contributed by atoms with Crippen molar-refractivity contribution in [2.75, 3.05) is 19.6 Å². The van der Waals surface area contributed by atoms with Crippen LogP contribution in [-0.4, -0.2) is 71.5 Å². The van der Waals surface area contributed by atoms with Crippen molar-refractivity contribution >= 4 is 11.8 Å². The molecule has 3 aliphatic rings. The smallest absolute Gasteiger partial charge is 0.241 e. The summed E-state index contributed by atoms with van der Waals surface area (Å²) in [5, 5.41) is 6.76. The molecule has 0 aromatic heterocycles. The first kappa shape index (κ1) is 16.7. The number of carbonyl (C=O) groups excluding carboxylic acids is 2. The molecule has 2 aliphatic heterocycles. The molecule has 3 rings (SSSR count). The Balaban J connectivity index is 1.76. The lowest BCUT2D eigenvalue weighted by atomic mass is 9.84. The van der Waals surface area contributed by atoms with Crippen molar-refractivity contribution in [3.05, 3.63) is 0 Å². The second kappa shape index (κ2) is 6.77. The highest BCUT2D eigenvalue weighted by atomic mass is 16.2. The van der Waals surface area contributed by atoms with Gasteiger partial charge in [-0.05, 0) is 26.7 Å². The van der Waals surface area contributed by atoms with E-state index in [-0.39, 0.29) is 36.0 Å². The standard InChI is InChI=1S/C17H30N4O2/c1-11-8-19-14(9-18-11)17(23)20-10-12(2)21(13(3)22)16-7-5-4-6-15(16)20/h11-12,14-16,18-19H,4-10H2,1-3H3. The van der Waals surface area contributed by atoms with Crippen LogP contribution in [0.2, 0.25) is 0 Å². The fourth-order valence-electron chi connectivity index (χ4n) is 4.57. The Bertz CT molecular complexity index is 462. The van der Waals surface area contributed by atoms with Gasteiger partial charge in [0.05, 0.1) is 18.1 Å². The molecule has 0 aromatic rings. The number of piperazine rings is 2. The lowest BCUT2D eigenvalue weighted by Crippen LogP contribution is -2.69. The first-order chi connectivity index (χ1) is 11.0. The number of nitrogens with zero attached hydrogens (tertiary/aromatic N) is 2. The Labute approximate surface area is 139 Å². The van der Waals surface area contributed by atoms with Crippen LogP contribution in [0.4, 0.5) is 0 Å². The highest BCUT2D eigenvalue weighted by Crippen LogP contribution is 2.33. The van der Waals surface area contributed by atoms with Crippen molar-refractivity contribution in [2.24, 2.45) is 0 Å². The van der Waals surface area contributed by atoms with Crippen molar-refractivity contribution in [1.29, 1.82) is 0 Å². The molecule has 0 bridgehead atoms. The van der Waals surface area contributed by atoms with Gasteiger partial charge in [-0.15, -0.1) is 0 Å². The maximum atomic E-state index is 13.1. The maximum absolute atomic E-state index is 13.1. The van der Waals surface area contributed by atoms with Gasteiger partial charge in [0.2, 0.25) is 11.8 Å². The van der Waals surface area contributed by atoms with Crippen molar-refractivity contribution in [1.82, 2.24) is 20.4 Å². The third-order valence-electron chi connectivity index (χ3n) is 5.67. The molecular formula is C17H30N4O2. The number of fused-ring (bicyclic) bond motifs is 1. The molecular weight excluding hydrogens is 292 g/mol. The number of carbonyl (C=O) groups is 2. The zero-order valence-electron chi connectivity index (χ0n) is 14.5. The molecule has 0 radical (unpaired) electrons. The van der Waals surface area contributed by atoms with E-state index in [1.165, 1.54) is 0 Å². The van der Waals surface area contributed by atoms with E-state index in [4.69, 9.17) is 0 Å². The Morgan fingerprint density at radius 3 is 2.30 bits per heavy atom. The molecule has 130 valence electrons. The molecule has 2 amide bonds. The summed E-state index contributed by atoms with van der Waals surface area (Å²) < 4.78 is 0. The molecule has 23 heavy (non-hydrogen) atoms. The van der Waals surface area contributed by atoms with Crippen LogP contribution in [0.1, 0.15) is 46.5 Å². The quantitative estimate of drug-likeness (QED) is 0.730. The summed E-state index contributed by atoms with van der Waals surface area (Å²) in [6.45, 7) is 8.03. The summed E-state index contributed by atoms with van der Waals surface area (Å²) in [5.74, 6) is 0.351. The molecule has 6 heteroatoms. The molecule has 3 fully saturated rings. The zero-order chi connectivity index (χ0) is 16.6. The predicted molar refractivity (Wildman–Crippen MR) is 89.0 cm³/mol. The van der Waals surface area contributed by atoms with Gasteiger partial charge in [-0.1, -0.05) is 12.8 Å².